The summed E-state index contributed by atoms with van der Waals surface area (Å²) in [6.45, 7) is 4.31. The average Bonchev–Trinajstić information content (AvgIpc) is 3.75. The van der Waals surface area contributed by atoms with Crippen LogP contribution in [0.2, 0.25) is 0 Å². The second-order valence-corrected chi connectivity index (χ2v) is 16.2. The molecule has 11 rings (SSSR count). The lowest BCUT2D eigenvalue weighted by Gasteiger charge is -2.32. The molecule has 9 aromatic rings. The number of benzene rings is 9. The molecule has 0 aliphatic heterocycles. The lowest BCUT2D eigenvalue weighted by Crippen LogP contribution is -2.26. The lowest BCUT2D eigenvalue weighted by atomic mass is 9.70. The maximum Gasteiger partial charge on any atom is 0.119 e. The van der Waals surface area contributed by atoms with Gasteiger partial charge in [0.2, 0.25) is 0 Å². The maximum atomic E-state index is 5.59. The molecule has 0 aromatic heterocycles. The highest BCUT2D eigenvalue weighted by molar-refractivity contribution is 6.02. The van der Waals surface area contributed by atoms with E-state index in [1.165, 1.54) is 66.4 Å². The molecule has 2 aliphatic rings. The molecular weight excluding hydrogens is 745 g/mol. The molecule has 0 amide bonds. The SMILES string of the molecule is COc1ccc(N(c2cccc(C)c2)c2ccc3c(c2)C2(c4ccccc4-c4ccccc42)c2cc4cc(N(c5ccc(OC)cc5)c5cccc(C)c5)ccc4cc2-3)cc1. The van der Waals surface area contributed by atoms with Crippen molar-refractivity contribution < 1.29 is 9.47 Å². The highest BCUT2D eigenvalue weighted by Gasteiger charge is 2.52. The summed E-state index contributed by atoms with van der Waals surface area (Å²) in [5.74, 6) is 1.66. The second kappa shape index (κ2) is 14.3. The van der Waals surface area contributed by atoms with Crippen molar-refractivity contribution >= 4 is 44.9 Å². The number of hydrogen-bond donors (Lipinski definition) is 0. The number of aryl methyl sites for hydroxylation is 2. The Labute approximate surface area is 357 Å². The van der Waals surface area contributed by atoms with E-state index in [9.17, 15) is 0 Å². The third-order valence-corrected chi connectivity index (χ3v) is 12.7. The van der Waals surface area contributed by atoms with Crippen molar-refractivity contribution in [1.29, 1.82) is 0 Å². The molecule has 4 nitrogen and oxygen atoms in total. The summed E-state index contributed by atoms with van der Waals surface area (Å²) in [5, 5.41) is 2.39. The van der Waals surface area contributed by atoms with Crippen molar-refractivity contribution in [2.45, 2.75) is 19.3 Å². The van der Waals surface area contributed by atoms with E-state index in [2.05, 4.69) is 194 Å². The fourth-order valence-electron chi connectivity index (χ4n) is 10.0. The van der Waals surface area contributed by atoms with Crippen LogP contribution in [0.3, 0.4) is 0 Å². The van der Waals surface area contributed by atoms with Gasteiger partial charge in [0.05, 0.1) is 19.6 Å². The van der Waals surface area contributed by atoms with E-state index in [4.69, 9.17) is 9.47 Å². The van der Waals surface area contributed by atoms with Crippen molar-refractivity contribution in [3.8, 4) is 33.8 Å². The summed E-state index contributed by atoms with van der Waals surface area (Å²) >= 11 is 0. The van der Waals surface area contributed by atoms with Crippen molar-refractivity contribution in [3.05, 3.63) is 228 Å². The zero-order valence-corrected chi connectivity index (χ0v) is 34.7. The van der Waals surface area contributed by atoms with Gasteiger partial charge in [-0.1, -0.05) is 84.9 Å². The number of ether oxygens (including phenoxy) is 2. The predicted octanol–water partition coefficient (Wildman–Crippen LogP) is 14.8. The van der Waals surface area contributed by atoms with Crippen molar-refractivity contribution in [2.75, 3.05) is 24.0 Å². The second-order valence-electron chi connectivity index (χ2n) is 16.2. The summed E-state index contributed by atoms with van der Waals surface area (Å²) in [5.41, 5.74) is 18.7. The fraction of sp³-hybridized carbons (Fsp3) is 0.0877. The van der Waals surface area contributed by atoms with Crippen molar-refractivity contribution in [3.63, 3.8) is 0 Å². The minimum Gasteiger partial charge on any atom is -0.497 e. The number of fused-ring (bicyclic) bond motifs is 11. The predicted molar refractivity (Wildman–Crippen MR) is 252 cm³/mol. The quantitative estimate of drug-likeness (QED) is 0.153. The van der Waals surface area contributed by atoms with E-state index in [-0.39, 0.29) is 0 Å². The Kier molecular flexibility index (Phi) is 8.57. The maximum absolute atomic E-state index is 5.59. The first kappa shape index (κ1) is 36.5. The first-order chi connectivity index (χ1) is 29.9. The Balaban J connectivity index is 1.16. The summed E-state index contributed by atoms with van der Waals surface area (Å²) in [6, 6.07) is 71.2. The molecule has 0 saturated carbocycles. The molecule has 0 N–H and O–H groups in total. The topological polar surface area (TPSA) is 24.9 Å². The van der Waals surface area contributed by atoms with Crippen LogP contribution in [0.15, 0.2) is 194 Å². The molecule has 9 aromatic carbocycles. The van der Waals surface area contributed by atoms with Gasteiger partial charge in [0.1, 0.15) is 11.5 Å². The van der Waals surface area contributed by atoms with Gasteiger partial charge in [-0.25, -0.2) is 0 Å². The molecule has 0 fully saturated rings. The lowest BCUT2D eigenvalue weighted by molar-refractivity contribution is 0.414. The monoisotopic (exact) mass is 788 g/mol. The van der Waals surface area contributed by atoms with Gasteiger partial charge in [-0.05, 0) is 189 Å². The first-order valence-electron chi connectivity index (χ1n) is 20.9. The fourth-order valence-corrected chi connectivity index (χ4v) is 10.0. The minimum atomic E-state index is -0.539. The van der Waals surface area contributed by atoms with Crippen LogP contribution >= 0.6 is 0 Å². The number of nitrogens with zero attached hydrogens (tertiary/aromatic N) is 2. The van der Waals surface area contributed by atoms with Gasteiger partial charge in [-0.3, -0.25) is 0 Å². The smallest absolute Gasteiger partial charge is 0.119 e. The molecular formula is C57H44N2O2. The van der Waals surface area contributed by atoms with Crippen molar-refractivity contribution in [1.82, 2.24) is 0 Å². The summed E-state index contributed by atoms with van der Waals surface area (Å²) in [6.07, 6.45) is 0. The normalized spacial score (nSPS) is 12.7. The van der Waals surface area contributed by atoms with Gasteiger partial charge in [0, 0.05) is 34.1 Å². The highest BCUT2D eigenvalue weighted by atomic mass is 16.5. The van der Waals surface area contributed by atoms with Crippen LogP contribution in [0.5, 0.6) is 11.5 Å². The third-order valence-electron chi connectivity index (χ3n) is 12.7. The molecule has 2 aliphatic carbocycles. The molecule has 61 heavy (non-hydrogen) atoms. The Morgan fingerprint density at radius 1 is 0.328 bits per heavy atom. The van der Waals surface area contributed by atoms with Crippen LogP contribution in [0, 0.1) is 13.8 Å². The molecule has 294 valence electrons. The van der Waals surface area contributed by atoms with Crippen LogP contribution in [0.1, 0.15) is 33.4 Å². The van der Waals surface area contributed by atoms with Crippen LogP contribution < -0.4 is 19.3 Å². The van der Waals surface area contributed by atoms with Gasteiger partial charge in [-0.2, -0.15) is 0 Å². The molecule has 0 bridgehead atoms. The van der Waals surface area contributed by atoms with E-state index in [0.717, 1.165) is 45.6 Å². The van der Waals surface area contributed by atoms with E-state index >= 15 is 0 Å². The van der Waals surface area contributed by atoms with Gasteiger partial charge < -0.3 is 19.3 Å². The zero-order chi connectivity index (χ0) is 41.2. The highest BCUT2D eigenvalue weighted by Crippen LogP contribution is 2.64. The van der Waals surface area contributed by atoms with E-state index in [1.54, 1.807) is 14.2 Å². The van der Waals surface area contributed by atoms with Crippen LogP contribution in [-0.4, -0.2) is 14.2 Å². The number of anilines is 6. The molecule has 4 heteroatoms. The number of methoxy groups -OCH3 is 2. The van der Waals surface area contributed by atoms with Crippen LogP contribution in [0.25, 0.3) is 33.0 Å². The van der Waals surface area contributed by atoms with E-state index in [1.807, 2.05) is 24.3 Å². The molecule has 0 radical (unpaired) electrons. The van der Waals surface area contributed by atoms with Gasteiger partial charge in [0.15, 0.2) is 0 Å². The molecule has 1 spiro atoms. The van der Waals surface area contributed by atoms with Gasteiger partial charge in [-0.15, -0.1) is 0 Å². The molecule has 0 heterocycles. The Hall–Kier alpha value is -7.56. The first-order valence-corrected chi connectivity index (χ1v) is 20.9. The van der Waals surface area contributed by atoms with Gasteiger partial charge in [0.25, 0.3) is 0 Å². The standard InChI is InChI=1S/C57H44N2O2/c1-37-11-9-13-43(31-37)58(41-21-26-47(60-3)27-22-41)45-20-19-39-34-52-51-30-25-46(59(44-14-10-12-38(2)32-44)42-23-28-48(61-4)29-24-42)36-56(51)57(55(52)35-40(39)33-45)53-17-7-5-15-49(53)50-16-6-8-18-54(50)57/h5-36H,1-4H3. The molecule has 0 atom stereocenters. The molecule has 0 unspecified atom stereocenters. The third kappa shape index (κ3) is 5.74. The Morgan fingerprint density at radius 3 is 1.33 bits per heavy atom. The number of rotatable bonds is 8. The largest absolute Gasteiger partial charge is 0.497 e. The average molecular weight is 789 g/mol. The van der Waals surface area contributed by atoms with E-state index < -0.39 is 5.41 Å². The van der Waals surface area contributed by atoms with Crippen LogP contribution in [0.4, 0.5) is 34.1 Å². The summed E-state index contributed by atoms with van der Waals surface area (Å²) in [4.78, 5) is 4.72. The Morgan fingerprint density at radius 2 is 0.787 bits per heavy atom. The van der Waals surface area contributed by atoms with E-state index in [0.29, 0.717) is 0 Å². The van der Waals surface area contributed by atoms with Crippen molar-refractivity contribution in [2.24, 2.45) is 0 Å². The van der Waals surface area contributed by atoms with Crippen LogP contribution in [-0.2, 0) is 5.41 Å². The summed E-state index contributed by atoms with van der Waals surface area (Å²) < 4.78 is 11.1. The molecule has 0 saturated heterocycles. The summed E-state index contributed by atoms with van der Waals surface area (Å²) in [7, 11) is 3.43. The van der Waals surface area contributed by atoms with Gasteiger partial charge >= 0.3 is 0 Å². The number of hydrogen-bond acceptors (Lipinski definition) is 4. The Bertz CT molecular complexity index is 3100. The zero-order valence-electron chi connectivity index (χ0n) is 34.7. The minimum absolute atomic E-state index is 0.539.